The number of hydrogen-bond acceptors (Lipinski definition) is 4. The van der Waals surface area contributed by atoms with Gasteiger partial charge in [0.1, 0.15) is 6.07 Å². The van der Waals surface area contributed by atoms with Crippen LogP contribution in [0.4, 0.5) is 14.5 Å². The molecule has 160 valence electrons. The first kappa shape index (κ1) is 22.5. The van der Waals surface area contributed by atoms with Crippen molar-refractivity contribution in [3.63, 3.8) is 0 Å². The van der Waals surface area contributed by atoms with Gasteiger partial charge >= 0.3 is 0 Å². The van der Waals surface area contributed by atoms with E-state index in [2.05, 4.69) is 0 Å². The van der Waals surface area contributed by atoms with E-state index in [0.29, 0.717) is 24.2 Å². The normalized spacial score (nSPS) is 17.3. The lowest BCUT2D eigenvalue weighted by Crippen LogP contribution is -2.40. The van der Waals surface area contributed by atoms with E-state index in [1.807, 2.05) is 11.0 Å². The van der Waals surface area contributed by atoms with Crippen LogP contribution >= 0.6 is 11.6 Å². The van der Waals surface area contributed by atoms with Gasteiger partial charge in [-0.1, -0.05) is 23.7 Å². The number of halogens is 3. The van der Waals surface area contributed by atoms with E-state index in [1.165, 1.54) is 16.4 Å². The molecule has 1 heterocycles. The highest BCUT2D eigenvalue weighted by molar-refractivity contribution is 7.89. The molecule has 3 rings (SSSR count). The minimum absolute atomic E-state index is 0.0338. The summed E-state index contributed by atoms with van der Waals surface area (Å²) >= 11 is 6.19. The molecule has 1 fully saturated rings. The number of anilines is 1. The Morgan fingerprint density at radius 3 is 2.67 bits per heavy atom. The first-order valence-corrected chi connectivity index (χ1v) is 11.4. The van der Waals surface area contributed by atoms with Crippen LogP contribution in [-0.2, 0) is 16.6 Å². The summed E-state index contributed by atoms with van der Waals surface area (Å²) in [5.74, 6) is -1.88. The van der Waals surface area contributed by atoms with Gasteiger partial charge < -0.3 is 4.90 Å². The van der Waals surface area contributed by atoms with Gasteiger partial charge in [0.2, 0.25) is 10.0 Å². The van der Waals surface area contributed by atoms with Crippen molar-refractivity contribution in [1.82, 2.24) is 4.31 Å². The molecule has 0 radical (unpaired) electrons. The molecule has 0 amide bonds. The fraction of sp³-hybridized carbons (Fsp3) is 0.381. The molecular formula is C21H22ClF2N3O2S. The van der Waals surface area contributed by atoms with Crippen LogP contribution in [0.3, 0.4) is 0 Å². The Hall–Kier alpha value is -2.21. The maximum Gasteiger partial charge on any atom is 0.216 e. The summed E-state index contributed by atoms with van der Waals surface area (Å²) in [7, 11) is -3.43. The lowest BCUT2D eigenvalue weighted by Gasteiger charge is -2.32. The molecule has 1 aliphatic rings. The predicted molar refractivity (Wildman–Crippen MR) is 113 cm³/mol. The van der Waals surface area contributed by atoms with Gasteiger partial charge in [0.25, 0.3) is 0 Å². The molecule has 2 aromatic carbocycles. The number of nitrogens with zero attached hydrogens (tertiary/aromatic N) is 3. The van der Waals surface area contributed by atoms with Crippen LogP contribution in [0.5, 0.6) is 0 Å². The quantitative estimate of drug-likeness (QED) is 0.653. The number of nitriles is 1. The topological polar surface area (TPSA) is 64.4 Å². The molecule has 0 aromatic heterocycles. The third-order valence-corrected chi connectivity index (χ3v) is 7.86. The maximum atomic E-state index is 14.4. The Balaban J connectivity index is 1.97. The number of hydrogen-bond donors (Lipinski definition) is 0. The average Bonchev–Trinajstić information content (AvgIpc) is 3.19. The second-order valence-corrected chi connectivity index (χ2v) is 10.4. The lowest BCUT2D eigenvalue weighted by molar-refractivity contribution is 0.459. The second-order valence-electron chi connectivity index (χ2n) is 7.51. The summed E-state index contributed by atoms with van der Waals surface area (Å²) in [4.78, 5) is 1.82. The summed E-state index contributed by atoms with van der Waals surface area (Å²) in [6, 6.07) is 10.5. The number of benzene rings is 2. The second kappa shape index (κ2) is 8.88. The highest BCUT2D eigenvalue weighted by atomic mass is 35.5. The predicted octanol–water partition coefficient (Wildman–Crippen LogP) is 4.31. The average molecular weight is 454 g/mol. The molecule has 0 N–H and O–H groups in total. The van der Waals surface area contributed by atoms with Crippen LogP contribution in [0.2, 0.25) is 5.02 Å². The molecule has 0 unspecified atom stereocenters. The molecule has 1 saturated heterocycles. The fourth-order valence-electron chi connectivity index (χ4n) is 3.55. The van der Waals surface area contributed by atoms with Gasteiger partial charge in [-0.15, -0.1) is 0 Å². The Morgan fingerprint density at radius 2 is 2.03 bits per heavy atom. The molecular weight excluding hydrogens is 432 g/mol. The standard InChI is InChI=1S/C21H22ClF2N3O2S/c1-14(2)30(28,29)26-9-8-18(13-26)27(12-16-4-3-5-20(23)21(16)24)17-7-6-15(11-25)19(22)10-17/h3-7,10,14,18H,8-9,12-13H2,1-2H3/t18-/m0/s1. The smallest absolute Gasteiger partial charge is 0.216 e. The third kappa shape index (κ3) is 4.43. The summed E-state index contributed by atoms with van der Waals surface area (Å²) in [6.45, 7) is 3.87. The van der Waals surface area contributed by atoms with Crippen LogP contribution < -0.4 is 4.90 Å². The molecule has 0 saturated carbocycles. The first-order chi connectivity index (χ1) is 14.1. The molecule has 0 bridgehead atoms. The Morgan fingerprint density at radius 1 is 1.30 bits per heavy atom. The van der Waals surface area contributed by atoms with Crippen LogP contribution in [0.25, 0.3) is 0 Å². The van der Waals surface area contributed by atoms with Crippen molar-refractivity contribution >= 4 is 27.3 Å². The van der Waals surface area contributed by atoms with Gasteiger partial charge in [-0.05, 0) is 44.5 Å². The van der Waals surface area contributed by atoms with E-state index in [-0.39, 0.29) is 29.7 Å². The Kier molecular flexibility index (Phi) is 6.65. The molecule has 30 heavy (non-hydrogen) atoms. The van der Waals surface area contributed by atoms with Gasteiger partial charge in [-0.25, -0.2) is 17.2 Å². The molecule has 0 spiro atoms. The van der Waals surface area contributed by atoms with Crippen LogP contribution in [0, 0.1) is 23.0 Å². The summed E-state index contributed by atoms with van der Waals surface area (Å²) in [5.41, 5.74) is 1.06. The van der Waals surface area contributed by atoms with E-state index in [4.69, 9.17) is 16.9 Å². The van der Waals surface area contributed by atoms with Gasteiger partial charge in [0.15, 0.2) is 11.6 Å². The monoisotopic (exact) mass is 453 g/mol. The van der Waals surface area contributed by atoms with E-state index < -0.39 is 26.9 Å². The zero-order valence-corrected chi connectivity index (χ0v) is 18.2. The largest absolute Gasteiger partial charge is 0.363 e. The van der Waals surface area contributed by atoms with E-state index in [0.717, 1.165) is 6.07 Å². The summed E-state index contributed by atoms with van der Waals surface area (Å²) < 4.78 is 54.7. The van der Waals surface area contributed by atoms with Crippen molar-refractivity contribution in [3.8, 4) is 6.07 Å². The van der Waals surface area contributed by atoms with Gasteiger partial charge in [-0.2, -0.15) is 9.57 Å². The molecule has 2 aromatic rings. The highest BCUT2D eigenvalue weighted by Crippen LogP contribution is 2.31. The number of rotatable bonds is 6. The number of sulfonamides is 1. The van der Waals surface area contributed by atoms with Gasteiger partial charge in [0, 0.05) is 36.9 Å². The summed E-state index contributed by atoms with van der Waals surface area (Å²) in [5, 5.41) is 8.82. The van der Waals surface area contributed by atoms with Gasteiger partial charge in [0.05, 0.1) is 15.8 Å². The minimum atomic E-state index is -3.43. The lowest BCUT2D eigenvalue weighted by atomic mass is 10.1. The van der Waals surface area contributed by atoms with Crippen molar-refractivity contribution in [3.05, 3.63) is 64.2 Å². The van der Waals surface area contributed by atoms with Crippen LogP contribution in [0.15, 0.2) is 36.4 Å². The Labute approximate surface area is 180 Å². The highest BCUT2D eigenvalue weighted by Gasteiger charge is 2.36. The van der Waals surface area contributed by atoms with Crippen LogP contribution in [0.1, 0.15) is 31.4 Å². The summed E-state index contributed by atoms with van der Waals surface area (Å²) in [6.07, 6.45) is 0.528. The fourth-order valence-corrected chi connectivity index (χ4v) is 5.11. The van der Waals surface area contributed by atoms with Crippen LogP contribution in [-0.4, -0.2) is 37.1 Å². The molecule has 1 aliphatic heterocycles. The Bertz CT molecular complexity index is 1090. The minimum Gasteiger partial charge on any atom is -0.363 e. The molecule has 5 nitrogen and oxygen atoms in total. The molecule has 9 heteroatoms. The molecule has 1 atom stereocenters. The van der Waals surface area contributed by atoms with E-state index in [9.17, 15) is 17.2 Å². The molecule has 0 aliphatic carbocycles. The zero-order valence-electron chi connectivity index (χ0n) is 16.6. The van der Waals surface area contributed by atoms with Crippen molar-refractivity contribution in [1.29, 1.82) is 5.26 Å². The zero-order chi connectivity index (χ0) is 22.1. The third-order valence-electron chi connectivity index (χ3n) is 5.30. The van der Waals surface area contributed by atoms with Crippen molar-refractivity contribution < 1.29 is 17.2 Å². The van der Waals surface area contributed by atoms with Crippen molar-refractivity contribution in [2.75, 3.05) is 18.0 Å². The van der Waals surface area contributed by atoms with Gasteiger partial charge in [-0.3, -0.25) is 0 Å². The first-order valence-electron chi connectivity index (χ1n) is 9.53. The van der Waals surface area contributed by atoms with E-state index >= 15 is 0 Å². The van der Waals surface area contributed by atoms with E-state index in [1.54, 1.807) is 32.0 Å². The van der Waals surface area contributed by atoms with Crippen molar-refractivity contribution in [2.24, 2.45) is 0 Å². The maximum absolute atomic E-state index is 14.4. The van der Waals surface area contributed by atoms with Crippen molar-refractivity contribution in [2.45, 2.75) is 38.1 Å². The SMILES string of the molecule is CC(C)S(=O)(=O)N1CC[C@H](N(Cc2cccc(F)c2F)c2ccc(C#N)c(Cl)c2)C1.